The van der Waals surface area contributed by atoms with Crippen LogP contribution in [0.25, 0.3) is 0 Å². The summed E-state index contributed by atoms with van der Waals surface area (Å²) >= 11 is 0. The van der Waals surface area contributed by atoms with Gasteiger partial charge in [-0.3, -0.25) is 9.59 Å². The molecule has 2 aliphatic rings. The lowest BCUT2D eigenvalue weighted by molar-refractivity contribution is -0.147. The van der Waals surface area contributed by atoms with Crippen molar-refractivity contribution < 1.29 is 19.4 Å². The topological polar surface area (TPSA) is 66.8 Å². The summed E-state index contributed by atoms with van der Waals surface area (Å²) in [5.41, 5.74) is 0. The van der Waals surface area contributed by atoms with E-state index in [1.54, 1.807) is 4.90 Å². The van der Waals surface area contributed by atoms with Crippen molar-refractivity contribution in [3.8, 4) is 0 Å². The molecule has 1 N–H and O–H groups in total. The second-order valence-electron chi connectivity index (χ2n) is 6.01. The van der Waals surface area contributed by atoms with Gasteiger partial charge in [0.25, 0.3) is 5.91 Å². The third kappa shape index (κ3) is 3.72. The van der Waals surface area contributed by atoms with E-state index >= 15 is 0 Å². The second-order valence-corrected chi connectivity index (χ2v) is 6.01. The minimum atomic E-state index is -0.849. The van der Waals surface area contributed by atoms with E-state index in [-0.39, 0.29) is 24.5 Å². The van der Waals surface area contributed by atoms with Crippen LogP contribution >= 0.6 is 0 Å². The van der Waals surface area contributed by atoms with Crippen molar-refractivity contribution in [2.24, 2.45) is 5.92 Å². The number of carbonyl (C=O) groups is 2. The first-order valence-electron chi connectivity index (χ1n) is 7.73. The van der Waals surface area contributed by atoms with Gasteiger partial charge in [0, 0.05) is 19.2 Å². The van der Waals surface area contributed by atoms with Crippen LogP contribution in [0, 0.1) is 5.92 Å². The molecular formula is C15H25NO4. The van der Waals surface area contributed by atoms with E-state index < -0.39 is 5.97 Å². The molecule has 1 heterocycles. The molecule has 5 nitrogen and oxygen atoms in total. The van der Waals surface area contributed by atoms with Crippen LogP contribution in [0.15, 0.2) is 0 Å². The molecule has 1 amide bonds. The maximum Gasteiger partial charge on any atom is 0.305 e. The van der Waals surface area contributed by atoms with E-state index in [4.69, 9.17) is 9.84 Å². The van der Waals surface area contributed by atoms with Crippen LogP contribution in [0.4, 0.5) is 0 Å². The number of rotatable bonds is 5. The molecule has 1 saturated heterocycles. The number of amides is 1. The van der Waals surface area contributed by atoms with Crippen LogP contribution in [0.2, 0.25) is 0 Å². The van der Waals surface area contributed by atoms with Crippen molar-refractivity contribution in [3.05, 3.63) is 0 Å². The summed E-state index contributed by atoms with van der Waals surface area (Å²) in [5.74, 6) is -0.399. The highest BCUT2D eigenvalue weighted by Gasteiger charge is 2.35. The first-order chi connectivity index (χ1) is 9.59. The molecule has 0 aromatic heterocycles. The highest BCUT2D eigenvalue weighted by molar-refractivity contribution is 5.82. The van der Waals surface area contributed by atoms with Crippen molar-refractivity contribution in [1.29, 1.82) is 0 Å². The molecule has 2 rings (SSSR count). The van der Waals surface area contributed by atoms with Gasteiger partial charge in [-0.15, -0.1) is 0 Å². The van der Waals surface area contributed by atoms with Gasteiger partial charge < -0.3 is 14.7 Å². The number of hydrogen-bond donors (Lipinski definition) is 1. The van der Waals surface area contributed by atoms with Crippen LogP contribution in [-0.4, -0.2) is 47.2 Å². The fourth-order valence-electron chi connectivity index (χ4n) is 3.37. The zero-order chi connectivity index (χ0) is 14.5. The average Bonchev–Trinajstić information content (AvgIpc) is 2.94. The van der Waals surface area contributed by atoms with Gasteiger partial charge in [-0.2, -0.15) is 0 Å². The molecule has 0 bridgehead atoms. The molecular weight excluding hydrogens is 258 g/mol. The summed E-state index contributed by atoms with van der Waals surface area (Å²) in [5, 5.41) is 8.90. The Morgan fingerprint density at radius 3 is 2.55 bits per heavy atom. The van der Waals surface area contributed by atoms with E-state index in [9.17, 15) is 9.59 Å². The summed E-state index contributed by atoms with van der Waals surface area (Å²) in [6.07, 6.45) is 5.79. The van der Waals surface area contributed by atoms with Crippen LogP contribution < -0.4 is 0 Å². The molecule has 2 fully saturated rings. The molecule has 0 spiro atoms. The Hall–Kier alpha value is -1.10. The molecule has 114 valence electrons. The van der Waals surface area contributed by atoms with Gasteiger partial charge in [0.15, 0.2) is 0 Å². The van der Waals surface area contributed by atoms with Gasteiger partial charge in [0.2, 0.25) is 0 Å². The van der Waals surface area contributed by atoms with Gasteiger partial charge >= 0.3 is 5.97 Å². The summed E-state index contributed by atoms with van der Waals surface area (Å²) in [6, 6.07) is 0.180. The molecule has 3 unspecified atom stereocenters. The summed E-state index contributed by atoms with van der Waals surface area (Å²) in [7, 11) is 0. The van der Waals surface area contributed by atoms with E-state index in [0.717, 1.165) is 32.1 Å². The maximum absolute atomic E-state index is 12.6. The zero-order valence-corrected chi connectivity index (χ0v) is 12.2. The summed E-state index contributed by atoms with van der Waals surface area (Å²) in [6.45, 7) is 3.12. The first kappa shape index (κ1) is 15.3. The zero-order valence-electron chi connectivity index (χ0n) is 12.2. The van der Waals surface area contributed by atoms with E-state index in [0.29, 0.717) is 19.1 Å². The monoisotopic (exact) mass is 283 g/mol. The highest BCUT2D eigenvalue weighted by atomic mass is 16.5. The van der Waals surface area contributed by atoms with E-state index in [2.05, 4.69) is 6.92 Å². The minimum Gasteiger partial charge on any atom is -0.481 e. The fraction of sp³-hybridized carbons (Fsp3) is 0.867. The Kier molecular flexibility index (Phi) is 5.40. The predicted octanol–water partition coefficient (Wildman–Crippen LogP) is 2.05. The third-order valence-corrected chi connectivity index (χ3v) is 4.52. The number of ether oxygens (including phenoxy) is 1. The van der Waals surface area contributed by atoms with Gasteiger partial charge in [-0.1, -0.05) is 19.8 Å². The van der Waals surface area contributed by atoms with Crippen molar-refractivity contribution in [3.63, 3.8) is 0 Å². The smallest absolute Gasteiger partial charge is 0.305 e. The van der Waals surface area contributed by atoms with Crippen LogP contribution in [0.3, 0.4) is 0 Å². The molecule has 3 atom stereocenters. The Morgan fingerprint density at radius 1 is 1.20 bits per heavy atom. The molecule has 0 aromatic rings. The highest BCUT2D eigenvalue weighted by Crippen LogP contribution is 2.29. The number of carboxylic acids is 1. The van der Waals surface area contributed by atoms with Crippen molar-refractivity contribution in [1.82, 2.24) is 4.90 Å². The summed E-state index contributed by atoms with van der Waals surface area (Å²) in [4.78, 5) is 25.3. The molecule has 5 heteroatoms. The molecule has 0 radical (unpaired) electrons. The number of nitrogens with zero attached hydrogens (tertiary/aromatic N) is 1. The Balaban J connectivity index is 2.05. The molecule has 1 aliphatic carbocycles. The maximum atomic E-state index is 12.6. The number of hydrogen-bond acceptors (Lipinski definition) is 3. The fourth-order valence-corrected chi connectivity index (χ4v) is 3.37. The van der Waals surface area contributed by atoms with Gasteiger partial charge in [-0.25, -0.2) is 0 Å². The van der Waals surface area contributed by atoms with Gasteiger partial charge in [0.1, 0.15) is 6.10 Å². The van der Waals surface area contributed by atoms with E-state index in [1.807, 2.05) is 0 Å². The van der Waals surface area contributed by atoms with Gasteiger partial charge in [-0.05, 0) is 31.6 Å². The largest absolute Gasteiger partial charge is 0.481 e. The average molecular weight is 283 g/mol. The molecule has 20 heavy (non-hydrogen) atoms. The standard InChI is InChI=1S/C15H25NO4/c1-11-5-2-3-6-12(11)16(9-8-14(17)18)15(19)13-7-4-10-20-13/h11-13H,2-10H2,1H3,(H,17,18). The SMILES string of the molecule is CC1CCCCC1N(CCC(=O)O)C(=O)C1CCCO1. The Bertz CT molecular complexity index is 352. The number of carbonyl (C=O) groups excluding carboxylic acids is 1. The second kappa shape index (κ2) is 7.07. The first-order valence-corrected chi connectivity index (χ1v) is 7.73. The third-order valence-electron chi connectivity index (χ3n) is 4.52. The Morgan fingerprint density at radius 2 is 1.95 bits per heavy atom. The van der Waals surface area contributed by atoms with Crippen molar-refractivity contribution >= 4 is 11.9 Å². The summed E-state index contributed by atoms with van der Waals surface area (Å²) < 4.78 is 5.49. The molecule has 1 aliphatic heterocycles. The van der Waals surface area contributed by atoms with Crippen LogP contribution in [0.1, 0.15) is 51.9 Å². The molecule has 1 saturated carbocycles. The minimum absolute atomic E-state index is 0.00231. The van der Waals surface area contributed by atoms with Gasteiger partial charge in [0.05, 0.1) is 6.42 Å². The van der Waals surface area contributed by atoms with Crippen LogP contribution in [-0.2, 0) is 14.3 Å². The quantitative estimate of drug-likeness (QED) is 0.838. The number of aliphatic carboxylic acids is 1. The normalized spacial score (nSPS) is 30.1. The Labute approximate surface area is 120 Å². The molecule has 0 aromatic carbocycles. The van der Waals surface area contributed by atoms with Crippen LogP contribution in [0.5, 0.6) is 0 Å². The lowest BCUT2D eigenvalue weighted by atomic mass is 9.84. The number of carboxylic acid groups (broad SMARTS) is 1. The van der Waals surface area contributed by atoms with Crippen molar-refractivity contribution in [2.45, 2.75) is 64.0 Å². The predicted molar refractivity (Wildman–Crippen MR) is 74.4 cm³/mol. The lowest BCUT2D eigenvalue weighted by Crippen LogP contribution is -2.49. The van der Waals surface area contributed by atoms with Crippen molar-refractivity contribution in [2.75, 3.05) is 13.2 Å². The van der Waals surface area contributed by atoms with E-state index in [1.165, 1.54) is 6.42 Å². The lowest BCUT2D eigenvalue weighted by Gasteiger charge is -2.39.